The normalized spacial score (nSPS) is 19.1. The lowest BCUT2D eigenvalue weighted by molar-refractivity contribution is -0.302. The number of hydrogen-bond donors (Lipinski definition) is 6. The highest BCUT2D eigenvalue weighted by Crippen LogP contribution is 2.23. The summed E-state index contributed by atoms with van der Waals surface area (Å²) in [7, 11) is 0. The van der Waals surface area contributed by atoms with Crippen LogP contribution in [0.25, 0.3) is 0 Å². The molecule has 11 heteroatoms. The van der Waals surface area contributed by atoms with Crippen molar-refractivity contribution in [3.8, 4) is 0 Å². The zero-order valence-electron chi connectivity index (χ0n) is 47.6. The van der Waals surface area contributed by atoms with Crippen molar-refractivity contribution in [2.75, 3.05) is 19.8 Å². The van der Waals surface area contributed by atoms with Gasteiger partial charge in [-0.2, -0.15) is 0 Å². The average molecular weight is 1050 g/mol. The quantitative estimate of drug-likeness (QED) is 0.0195. The molecule has 0 aromatic carbocycles. The van der Waals surface area contributed by atoms with Gasteiger partial charge < -0.3 is 45.1 Å². The summed E-state index contributed by atoms with van der Waals surface area (Å²) in [5, 5.41) is 54.2. The minimum atomic E-state index is -1.57. The highest BCUT2D eigenvalue weighted by atomic mass is 16.7. The Hall–Kier alpha value is -2.38. The average Bonchev–Trinajstić information content (AvgIpc) is 3.40. The van der Waals surface area contributed by atoms with Crippen molar-refractivity contribution < 1.29 is 49.3 Å². The Morgan fingerprint density at radius 1 is 0.500 bits per heavy atom. The lowest BCUT2D eigenvalue weighted by Crippen LogP contribution is -2.60. The van der Waals surface area contributed by atoms with Gasteiger partial charge in [0, 0.05) is 12.8 Å². The van der Waals surface area contributed by atoms with Gasteiger partial charge in [-0.15, -0.1) is 0 Å². The number of hydrogen-bond acceptors (Lipinski definition) is 10. The van der Waals surface area contributed by atoms with Gasteiger partial charge in [-0.25, -0.2) is 0 Å². The summed E-state index contributed by atoms with van der Waals surface area (Å²) in [5.41, 5.74) is 0. The van der Waals surface area contributed by atoms with Gasteiger partial charge in [0.1, 0.15) is 24.4 Å². The maximum absolute atomic E-state index is 13.0. The molecule has 1 fully saturated rings. The Balaban J connectivity index is 2.02. The Kier molecular flexibility index (Phi) is 49.6. The van der Waals surface area contributed by atoms with E-state index in [1.54, 1.807) is 6.08 Å². The SMILES string of the molecule is CCCCCCCCC/C=C\CCCCCCCC(=O)OCC/C=C\C/C=C\CCCCCCCCCCCCCCCCC(=O)NC(COC1OC(CO)C(O)C(O)C1O)C(O)/C=C/CCCCCCCCC. The number of esters is 1. The molecule has 0 aromatic heterocycles. The van der Waals surface area contributed by atoms with E-state index in [9.17, 15) is 35.1 Å². The standard InChI is InChI=1S/C63H115NO10/c1-3-5-7-9-11-13-14-15-16-25-28-31-35-39-43-47-51-59(68)72-52-48-44-40-36-32-29-26-23-21-19-17-18-20-22-24-27-30-34-38-42-46-50-58(67)64-55(56(66)49-45-41-37-33-12-10-8-6-4-2)54-73-63-62(71)61(70)60(69)57(53-65)74-63/h16,25,29,32,40,44-45,49,55-57,60-63,65-66,69-71H,3-15,17-24,26-28,30-31,33-39,41-43,46-48,50-54H2,1-2H3,(H,64,67)/b25-16-,32-29-,44-40-,49-45+. The molecule has 0 spiro atoms. The molecule has 1 amide bonds. The van der Waals surface area contributed by atoms with Gasteiger partial charge in [0.2, 0.25) is 5.91 Å². The Morgan fingerprint density at radius 3 is 1.38 bits per heavy atom. The monoisotopic (exact) mass is 1050 g/mol. The number of aliphatic hydroxyl groups excluding tert-OH is 5. The van der Waals surface area contributed by atoms with E-state index in [0.29, 0.717) is 19.4 Å². The molecule has 0 aliphatic carbocycles. The maximum atomic E-state index is 13.0. The van der Waals surface area contributed by atoms with Crippen molar-refractivity contribution >= 4 is 11.9 Å². The number of ether oxygens (including phenoxy) is 3. The second-order valence-corrected chi connectivity index (χ2v) is 21.4. The molecule has 11 nitrogen and oxygen atoms in total. The first-order valence-corrected chi connectivity index (χ1v) is 30.9. The minimum Gasteiger partial charge on any atom is -0.465 e. The van der Waals surface area contributed by atoms with E-state index in [1.165, 1.54) is 180 Å². The second kappa shape index (κ2) is 52.7. The molecule has 1 aliphatic heterocycles. The fourth-order valence-corrected chi connectivity index (χ4v) is 9.50. The molecule has 0 radical (unpaired) electrons. The third-order valence-electron chi connectivity index (χ3n) is 14.4. The molecule has 1 rings (SSSR count). The maximum Gasteiger partial charge on any atom is 0.305 e. The van der Waals surface area contributed by atoms with E-state index >= 15 is 0 Å². The molecular weight excluding hydrogens is 931 g/mol. The summed E-state index contributed by atoms with van der Waals surface area (Å²) in [6, 6.07) is -0.813. The molecule has 1 heterocycles. The summed E-state index contributed by atoms with van der Waals surface area (Å²) in [5.74, 6) is -0.245. The number of amides is 1. The Morgan fingerprint density at radius 2 is 0.905 bits per heavy atom. The predicted molar refractivity (Wildman–Crippen MR) is 306 cm³/mol. The zero-order valence-corrected chi connectivity index (χ0v) is 47.6. The molecule has 6 N–H and O–H groups in total. The van der Waals surface area contributed by atoms with E-state index in [-0.39, 0.29) is 18.5 Å². The number of allylic oxidation sites excluding steroid dienone is 6. The number of unbranched alkanes of at least 4 members (excludes halogenated alkanes) is 33. The van der Waals surface area contributed by atoms with Crippen molar-refractivity contribution in [1.82, 2.24) is 5.32 Å². The predicted octanol–water partition coefficient (Wildman–Crippen LogP) is 14.5. The minimum absolute atomic E-state index is 0.0562. The van der Waals surface area contributed by atoms with Gasteiger partial charge in [0.15, 0.2) is 6.29 Å². The highest BCUT2D eigenvalue weighted by Gasteiger charge is 2.44. The van der Waals surface area contributed by atoms with Crippen LogP contribution in [-0.4, -0.2) is 100 Å². The number of carbonyl (C=O) groups excluding carboxylic acids is 2. The lowest BCUT2D eigenvalue weighted by Gasteiger charge is -2.40. The molecule has 1 aliphatic rings. The first-order valence-electron chi connectivity index (χ1n) is 30.9. The highest BCUT2D eigenvalue weighted by molar-refractivity contribution is 5.76. The van der Waals surface area contributed by atoms with Crippen LogP contribution < -0.4 is 5.32 Å². The summed E-state index contributed by atoms with van der Waals surface area (Å²) in [6.07, 6.45) is 56.7. The number of rotatable bonds is 53. The molecule has 432 valence electrons. The van der Waals surface area contributed by atoms with Gasteiger partial charge in [0.25, 0.3) is 0 Å². The van der Waals surface area contributed by atoms with Crippen LogP contribution in [0, 0.1) is 0 Å². The molecule has 7 atom stereocenters. The molecule has 74 heavy (non-hydrogen) atoms. The number of carbonyl (C=O) groups is 2. The van der Waals surface area contributed by atoms with Crippen molar-refractivity contribution in [2.24, 2.45) is 0 Å². The van der Waals surface area contributed by atoms with Crippen LogP contribution in [0.2, 0.25) is 0 Å². The fourth-order valence-electron chi connectivity index (χ4n) is 9.50. The number of aliphatic hydroxyl groups is 5. The van der Waals surface area contributed by atoms with Crippen LogP contribution >= 0.6 is 0 Å². The topological polar surface area (TPSA) is 175 Å². The zero-order chi connectivity index (χ0) is 53.8. The van der Waals surface area contributed by atoms with Crippen LogP contribution in [0.3, 0.4) is 0 Å². The van der Waals surface area contributed by atoms with Crippen LogP contribution in [0.4, 0.5) is 0 Å². The molecule has 0 bridgehead atoms. The number of nitrogens with one attached hydrogen (secondary N) is 1. The van der Waals surface area contributed by atoms with E-state index < -0.39 is 49.5 Å². The van der Waals surface area contributed by atoms with E-state index in [1.807, 2.05) is 6.08 Å². The van der Waals surface area contributed by atoms with Gasteiger partial charge in [0.05, 0.1) is 32.0 Å². The van der Waals surface area contributed by atoms with Gasteiger partial charge in [-0.3, -0.25) is 9.59 Å². The first kappa shape index (κ1) is 69.6. The summed E-state index contributed by atoms with van der Waals surface area (Å²) >= 11 is 0. The van der Waals surface area contributed by atoms with E-state index in [0.717, 1.165) is 70.6 Å². The first-order chi connectivity index (χ1) is 36.2. The summed E-state index contributed by atoms with van der Waals surface area (Å²) < 4.78 is 16.6. The van der Waals surface area contributed by atoms with Gasteiger partial charge >= 0.3 is 5.97 Å². The Labute approximate surface area is 453 Å². The summed E-state index contributed by atoms with van der Waals surface area (Å²) in [6.45, 7) is 4.20. The van der Waals surface area contributed by atoms with Crippen molar-refractivity contribution in [1.29, 1.82) is 0 Å². The van der Waals surface area contributed by atoms with Crippen LogP contribution in [0.1, 0.15) is 277 Å². The molecule has 7 unspecified atom stereocenters. The third kappa shape index (κ3) is 41.7. The molecule has 0 saturated carbocycles. The van der Waals surface area contributed by atoms with Crippen molar-refractivity contribution in [3.63, 3.8) is 0 Å². The molecule has 0 aromatic rings. The van der Waals surface area contributed by atoms with Gasteiger partial charge in [-0.1, -0.05) is 236 Å². The Bertz CT molecular complexity index is 1370. The smallest absolute Gasteiger partial charge is 0.305 e. The van der Waals surface area contributed by atoms with Crippen LogP contribution in [0.15, 0.2) is 48.6 Å². The molecule has 1 saturated heterocycles. The van der Waals surface area contributed by atoms with Crippen molar-refractivity contribution in [3.05, 3.63) is 48.6 Å². The fraction of sp³-hybridized carbons (Fsp3) is 0.841. The largest absolute Gasteiger partial charge is 0.465 e. The van der Waals surface area contributed by atoms with Crippen LogP contribution in [0.5, 0.6) is 0 Å². The van der Waals surface area contributed by atoms with Gasteiger partial charge in [-0.05, 0) is 77.0 Å². The second-order valence-electron chi connectivity index (χ2n) is 21.4. The van der Waals surface area contributed by atoms with Crippen molar-refractivity contribution in [2.45, 2.75) is 320 Å². The third-order valence-corrected chi connectivity index (χ3v) is 14.4. The molecular formula is C63H115NO10. The lowest BCUT2D eigenvalue weighted by atomic mass is 9.99. The van der Waals surface area contributed by atoms with E-state index in [2.05, 4.69) is 55.6 Å². The van der Waals surface area contributed by atoms with Crippen LogP contribution in [-0.2, 0) is 23.8 Å². The summed E-state index contributed by atoms with van der Waals surface area (Å²) in [4.78, 5) is 25.0. The van der Waals surface area contributed by atoms with E-state index in [4.69, 9.17) is 14.2 Å².